The van der Waals surface area contributed by atoms with E-state index in [1.165, 1.54) is 0 Å². The number of ether oxygens (including phenoxy) is 2. The summed E-state index contributed by atoms with van der Waals surface area (Å²) < 4.78 is 13.3. The predicted octanol–water partition coefficient (Wildman–Crippen LogP) is 7.51. The number of halogens is 3. The van der Waals surface area contributed by atoms with E-state index in [0.717, 1.165) is 32.7 Å². The Kier molecular flexibility index (Phi) is 13.5. The van der Waals surface area contributed by atoms with Crippen LogP contribution in [-0.2, 0) is 9.68 Å². The number of hydrogen-bond acceptors (Lipinski definition) is 12. The van der Waals surface area contributed by atoms with E-state index in [9.17, 15) is 0 Å². The van der Waals surface area contributed by atoms with Crippen LogP contribution in [0.2, 0.25) is 10.0 Å². The van der Waals surface area contributed by atoms with Crippen molar-refractivity contribution >= 4 is 50.8 Å². The average Bonchev–Trinajstić information content (AvgIpc) is 3.89. The third-order valence-corrected chi connectivity index (χ3v) is 9.16. The zero-order valence-corrected chi connectivity index (χ0v) is 33.3. The summed E-state index contributed by atoms with van der Waals surface area (Å²) in [5, 5.41) is 1.39. The van der Waals surface area contributed by atoms with E-state index in [0.29, 0.717) is 58.1 Å². The highest BCUT2D eigenvalue weighted by molar-refractivity contribution is 9.10. The summed E-state index contributed by atoms with van der Waals surface area (Å²) in [6, 6.07) is 22.4. The number of rotatable bonds is 7. The highest BCUT2D eigenvalue weighted by atomic mass is 79.9. The summed E-state index contributed by atoms with van der Waals surface area (Å²) in [6.45, 7) is 4.76. The molecule has 0 fully saturated rings. The van der Waals surface area contributed by atoms with Crippen LogP contribution >= 0.6 is 39.1 Å². The van der Waals surface area contributed by atoms with Gasteiger partial charge in [-0.15, -0.1) is 0 Å². The summed E-state index contributed by atoms with van der Waals surface area (Å²) in [6.07, 6.45) is 7.08. The van der Waals surface area contributed by atoms with Crippen molar-refractivity contribution in [1.82, 2.24) is 40.4 Å². The molecule has 0 radical (unpaired) electrons. The number of imidazole rings is 2. The molecule has 2 unspecified atom stereocenters. The molecular weight excluding hydrogens is 811 g/mol. The van der Waals surface area contributed by atoms with Gasteiger partial charge in [0.15, 0.2) is 11.7 Å². The smallest absolute Gasteiger partial charge is 0.238 e. The Labute approximate surface area is 336 Å². The maximum atomic E-state index is 5.97. The molecule has 17 heteroatoms. The summed E-state index contributed by atoms with van der Waals surface area (Å²) >= 11 is 15.3. The van der Waals surface area contributed by atoms with Crippen LogP contribution in [0.4, 0.5) is 0 Å². The summed E-state index contributed by atoms with van der Waals surface area (Å²) in [4.78, 5) is 40.2. The van der Waals surface area contributed by atoms with Crippen molar-refractivity contribution in [3.05, 3.63) is 146 Å². The number of aliphatic imine (C=N–C) groups is 2. The first-order valence-corrected chi connectivity index (χ1v) is 18.4. The van der Waals surface area contributed by atoms with Gasteiger partial charge in [0, 0.05) is 28.1 Å². The van der Waals surface area contributed by atoms with E-state index >= 15 is 0 Å². The number of benzene rings is 2. The standard InChI is InChI=1S/C19H18ClN5O2.C15H13BrClN3O2.C4H6N2/c1-12-9-25(11-21-12)17-8-7-15(23-19(17)26-2)18-22-16(10-27-24-18)13-3-5-14(20)6-4-13;1-21-15-11(16)6-7-12(19-15)14-18-13(8-22-20-14)9-2-4-10(17)5-3-9;1-4-2-5-3-6-4/h3-9,11,16H,10H2,1-2H3,(H,22,24);2-7,13H,8H2,1H3,(H,18,20);2-3H,1H3,(H,5,6). The molecule has 2 aromatic carbocycles. The Balaban J connectivity index is 0.000000165. The number of nitrogens with one attached hydrogen (secondary N) is 3. The molecule has 0 aliphatic carbocycles. The maximum absolute atomic E-state index is 5.97. The third-order valence-electron chi connectivity index (χ3n) is 8.05. The second-order valence-corrected chi connectivity index (χ2v) is 13.7. The molecule has 6 aromatic rings. The minimum Gasteiger partial charge on any atom is -0.480 e. The van der Waals surface area contributed by atoms with E-state index in [2.05, 4.69) is 56.8 Å². The van der Waals surface area contributed by atoms with E-state index < -0.39 is 0 Å². The first-order chi connectivity index (χ1) is 26.7. The molecule has 2 aliphatic rings. The maximum Gasteiger partial charge on any atom is 0.238 e. The van der Waals surface area contributed by atoms with Crippen molar-refractivity contribution in [3.8, 4) is 17.4 Å². The number of hydrogen-bond donors (Lipinski definition) is 3. The first-order valence-electron chi connectivity index (χ1n) is 16.8. The monoisotopic (exact) mass is 846 g/mol. The lowest BCUT2D eigenvalue weighted by atomic mass is 10.1. The van der Waals surface area contributed by atoms with Crippen LogP contribution in [-0.4, -0.2) is 68.6 Å². The highest BCUT2D eigenvalue weighted by Crippen LogP contribution is 2.27. The number of aromatic amines is 1. The Morgan fingerprint density at radius 1 is 0.745 bits per heavy atom. The van der Waals surface area contributed by atoms with Crippen molar-refractivity contribution in [3.63, 3.8) is 0 Å². The van der Waals surface area contributed by atoms with Gasteiger partial charge in [0.2, 0.25) is 11.8 Å². The lowest BCUT2D eigenvalue weighted by molar-refractivity contribution is 0.0620. The van der Waals surface area contributed by atoms with Gasteiger partial charge in [-0.1, -0.05) is 47.5 Å². The van der Waals surface area contributed by atoms with E-state index in [1.54, 1.807) is 33.1 Å². The number of pyridine rings is 2. The van der Waals surface area contributed by atoms with E-state index in [4.69, 9.17) is 47.3 Å². The number of amidine groups is 2. The van der Waals surface area contributed by atoms with Gasteiger partial charge < -0.3 is 19.0 Å². The molecule has 14 nitrogen and oxygen atoms in total. The van der Waals surface area contributed by atoms with Gasteiger partial charge in [0.1, 0.15) is 42.4 Å². The average molecular weight is 849 g/mol. The largest absolute Gasteiger partial charge is 0.480 e. The van der Waals surface area contributed by atoms with Gasteiger partial charge in [0.05, 0.1) is 37.0 Å². The van der Waals surface area contributed by atoms with Crippen LogP contribution < -0.4 is 20.4 Å². The van der Waals surface area contributed by atoms with Gasteiger partial charge in [-0.3, -0.25) is 19.7 Å². The van der Waals surface area contributed by atoms with Crippen LogP contribution in [0.3, 0.4) is 0 Å². The topological polar surface area (TPSA) is 158 Å². The second-order valence-electron chi connectivity index (χ2n) is 12.0. The molecule has 0 saturated heterocycles. The lowest BCUT2D eigenvalue weighted by Crippen LogP contribution is -2.33. The number of aryl methyl sites for hydroxylation is 2. The van der Waals surface area contributed by atoms with Crippen molar-refractivity contribution in [2.75, 3.05) is 27.4 Å². The fraction of sp³-hybridized carbons (Fsp3) is 0.211. The molecule has 55 heavy (non-hydrogen) atoms. The molecule has 0 bridgehead atoms. The van der Waals surface area contributed by atoms with Crippen molar-refractivity contribution in [1.29, 1.82) is 0 Å². The van der Waals surface area contributed by atoms with Gasteiger partial charge in [-0.2, -0.15) is 0 Å². The molecule has 0 saturated carbocycles. The van der Waals surface area contributed by atoms with Gasteiger partial charge in [-0.05, 0) is 89.4 Å². The number of nitrogens with zero attached hydrogens (tertiary/aromatic N) is 7. The Morgan fingerprint density at radius 3 is 1.75 bits per heavy atom. The Hall–Kier alpha value is -5.32. The molecule has 2 aliphatic heterocycles. The third kappa shape index (κ3) is 10.5. The summed E-state index contributed by atoms with van der Waals surface area (Å²) in [7, 11) is 3.16. The number of H-pyrrole nitrogens is 1. The molecule has 0 amide bonds. The summed E-state index contributed by atoms with van der Waals surface area (Å²) in [5.74, 6) is 2.09. The van der Waals surface area contributed by atoms with Crippen LogP contribution in [0.25, 0.3) is 5.69 Å². The number of hydroxylamine groups is 2. The van der Waals surface area contributed by atoms with Gasteiger partial charge >= 0.3 is 0 Å². The minimum atomic E-state index is -0.137. The quantitative estimate of drug-likeness (QED) is 0.147. The van der Waals surface area contributed by atoms with Crippen LogP contribution in [0, 0.1) is 13.8 Å². The summed E-state index contributed by atoms with van der Waals surface area (Å²) in [5.41, 5.74) is 11.8. The van der Waals surface area contributed by atoms with E-state index in [-0.39, 0.29) is 12.1 Å². The number of aromatic nitrogens is 6. The van der Waals surface area contributed by atoms with Crippen molar-refractivity contribution in [2.24, 2.45) is 9.98 Å². The molecule has 4 aromatic heterocycles. The molecule has 2 atom stereocenters. The minimum absolute atomic E-state index is 0.107. The van der Waals surface area contributed by atoms with Crippen molar-refractivity contribution < 1.29 is 19.1 Å². The molecule has 284 valence electrons. The van der Waals surface area contributed by atoms with Gasteiger partial charge in [0.25, 0.3) is 0 Å². The van der Waals surface area contributed by atoms with Gasteiger partial charge in [-0.25, -0.2) is 30.9 Å². The molecule has 6 heterocycles. The Morgan fingerprint density at radius 2 is 1.29 bits per heavy atom. The molecule has 3 N–H and O–H groups in total. The highest BCUT2D eigenvalue weighted by Gasteiger charge is 2.22. The van der Waals surface area contributed by atoms with E-state index in [1.807, 2.05) is 97.4 Å². The number of methoxy groups -OCH3 is 2. The Bertz CT molecular complexity index is 2230. The lowest BCUT2D eigenvalue weighted by Gasteiger charge is -2.22. The fourth-order valence-corrected chi connectivity index (χ4v) is 5.89. The van der Waals surface area contributed by atoms with Crippen LogP contribution in [0.15, 0.2) is 112 Å². The zero-order chi connectivity index (χ0) is 38.7. The molecule has 0 spiro atoms. The van der Waals surface area contributed by atoms with Crippen LogP contribution in [0.5, 0.6) is 11.8 Å². The fourth-order valence-electron chi connectivity index (χ4n) is 5.25. The normalized spacial score (nSPS) is 16.1. The first kappa shape index (κ1) is 39.4. The predicted molar refractivity (Wildman–Crippen MR) is 214 cm³/mol. The molecular formula is C38H37BrCl2N10O4. The molecule has 8 rings (SSSR count). The van der Waals surface area contributed by atoms with Crippen LogP contribution in [0.1, 0.15) is 46.0 Å². The zero-order valence-electron chi connectivity index (χ0n) is 30.2. The second kappa shape index (κ2) is 18.8. The van der Waals surface area contributed by atoms with Crippen molar-refractivity contribution in [2.45, 2.75) is 25.9 Å². The SMILES string of the molecule is COc1nc(C2=NC(c3ccc(Cl)cc3)CON2)ccc1-n1cnc(C)c1.COc1nc(C2=NC(c3ccc(Cl)cc3)CON2)ccc1Br.Cc1cnc[nH]1.